The number of hydrogen-bond acceptors (Lipinski definition) is 5. The van der Waals surface area contributed by atoms with Gasteiger partial charge in [0, 0.05) is 18.2 Å². The highest BCUT2D eigenvalue weighted by molar-refractivity contribution is 7.90. The molecule has 0 aliphatic heterocycles. The molecule has 2 N–H and O–H groups in total. The van der Waals surface area contributed by atoms with Gasteiger partial charge in [0.05, 0.1) is 17.0 Å². The second-order valence-electron chi connectivity index (χ2n) is 7.36. The molecule has 1 aliphatic rings. The van der Waals surface area contributed by atoms with Crippen molar-refractivity contribution in [2.45, 2.75) is 57.2 Å². The number of nitrogens with zero attached hydrogens (tertiary/aromatic N) is 4. The molecule has 4 rings (SSSR count). The molecule has 140 valence electrons. The van der Waals surface area contributed by atoms with Crippen molar-refractivity contribution in [2.75, 3.05) is 0 Å². The molecule has 9 heteroatoms. The molecule has 0 spiro atoms. The molecule has 0 saturated heterocycles. The van der Waals surface area contributed by atoms with Crippen LogP contribution in [0.5, 0.6) is 0 Å². The Bertz CT molecular complexity index is 1040. The first-order valence-corrected chi connectivity index (χ1v) is 10.6. The molecule has 8 nitrogen and oxygen atoms in total. The van der Waals surface area contributed by atoms with Crippen LogP contribution in [-0.2, 0) is 10.0 Å². The van der Waals surface area contributed by atoms with Gasteiger partial charge in [-0.15, -0.1) is 10.2 Å². The minimum Gasteiger partial charge on any atom is -0.345 e. The molecule has 4 atom stereocenters. The maximum absolute atomic E-state index is 12.4. The molecule has 3 heterocycles. The van der Waals surface area contributed by atoms with Crippen LogP contribution in [0.4, 0.5) is 0 Å². The Kier molecular flexibility index (Phi) is 4.23. The molecule has 26 heavy (non-hydrogen) atoms. The summed E-state index contributed by atoms with van der Waals surface area (Å²) in [7, 11) is -3.29. The number of aromatic nitrogens is 5. The first kappa shape index (κ1) is 17.4. The van der Waals surface area contributed by atoms with Crippen molar-refractivity contribution in [3.8, 4) is 0 Å². The predicted octanol–water partition coefficient (Wildman–Crippen LogP) is 2.21. The van der Waals surface area contributed by atoms with E-state index in [0.29, 0.717) is 18.0 Å². The third kappa shape index (κ3) is 2.79. The lowest BCUT2D eigenvalue weighted by atomic mass is 9.97. The summed E-state index contributed by atoms with van der Waals surface area (Å²) in [6, 6.07) is 1.90. The fraction of sp³-hybridized carbons (Fsp3) is 0.588. The zero-order valence-corrected chi connectivity index (χ0v) is 16.0. The van der Waals surface area contributed by atoms with Crippen molar-refractivity contribution in [3.05, 3.63) is 24.3 Å². The topological polar surface area (TPSA) is 105 Å². The van der Waals surface area contributed by atoms with Crippen molar-refractivity contribution in [1.82, 2.24) is 29.3 Å². The first-order valence-electron chi connectivity index (χ1n) is 9.09. The normalized spacial score (nSPS) is 25.3. The number of H-pyrrole nitrogens is 1. The number of sulfonamides is 1. The Labute approximate surface area is 152 Å². The van der Waals surface area contributed by atoms with Crippen molar-refractivity contribution in [2.24, 2.45) is 5.92 Å². The minimum absolute atomic E-state index is 0.0649. The van der Waals surface area contributed by atoms with Crippen LogP contribution in [-0.4, -0.2) is 44.3 Å². The zero-order chi connectivity index (χ0) is 18.5. The van der Waals surface area contributed by atoms with Gasteiger partial charge < -0.3 is 4.98 Å². The lowest BCUT2D eigenvalue weighted by molar-refractivity contribution is 0.505. The fourth-order valence-corrected chi connectivity index (χ4v) is 5.24. The van der Waals surface area contributed by atoms with E-state index in [0.717, 1.165) is 29.8 Å². The Morgan fingerprint density at radius 2 is 2.19 bits per heavy atom. The van der Waals surface area contributed by atoms with Crippen molar-refractivity contribution < 1.29 is 8.42 Å². The third-order valence-electron chi connectivity index (χ3n) is 5.62. The number of fused-ring (bicyclic) bond motifs is 3. The van der Waals surface area contributed by atoms with Gasteiger partial charge in [0.25, 0.3) is 0 Å². The van der Waals surface area contributed by atoms with Crippen molar-refractivity contribution in [1.29, 1.82) is 0 Å². The molecular formula is C17H24N6O2S. The van der Waals surface area contributed by atoms with Crippen LogP contribution in [0.1, 0.15) is 51.8 Å². The molecule has 0 bridgehead atoms. The molecule has 1 aliphatic carbocycles. The zero-order valence-electron chi connectivity index (χ0n) is 15.2. The standard InChI is InChI=1S/C17H24N6O2S/c1-4-11(3)26(24,25)22-12-7-10(2)13(8-12)17-21-20-15-9-19-16-14(23(15)17)5-6-18-16/h5-6,9-13,18,22H,4,7-8H2,1-3H3/t10-,11?,12?,13+/m1/s1. The molecule has 1 saturated carbocycles. The number of aromatic amines is 1. The van der Waals surface area contributed by atoms with Crippen molar-refractivity contribution in [3.63, 3.8) is 0 Å². The maximum Gasteiger partial charge on any atom is 0.214 e. The van der Waals surface area contributed by atoms with Gasteiger partial charge in [-0.1, -0.05) is 13.8 Å². The summed E-state index contributed by atoms with van der Waals surface area (Å²) >= 11 is 0. The van der Waals surface area contributed by atoms with Crippen LogP contribution in [0.15, 0.2) is 18.5 Å². The summed E-state index contributed by atoms with van der Waals surface area (Å²) in [6.07, 6.45) is 5.69. The smallest absolute Gasteiger partial charge is 0.214 e. The third-order valence-corrected chi connectivity index (χ3v) is 7.67. The number of hydrogen-bond donors (Lipinski definition) is 2. The molecule has 2 unspecified atom stereocenters. The van der Waals surface area contributed by atoms with Crippen molar-refractivity contribution >= 4 is 26.8 Å². The van der Waals surface area contributed by atoms with Gasteiger partial charge in [0.15, 0.2) is 11.3 Å². The van der Waals surface area contributed by atoms with E-state index in [9.17, 15) is 8.42 Å². The van der Waals surface area contributed by atoms with E-state index in [1.54, 1.807) is 13.1 Å². The lowest BCUT2D eigenvalue weighted by Crippen LogP contribution is -2.38. The van der Waals surface area contributed by atoms with Gasteiger partial charge >= 0.3 is 0 Å². The number of nitrogens with one attached hydrogen (secondary N) is 2. The van der Waals surface area contributed by atoms with Gasteiger partial charge in [-0.05, 0) is 38.2 Å². The highest BCUT2D eigenvalue weighted by atomic mass is 32.2. The van der Waals surface area contributed by atoms with Gasteiger partial charge in [-0.3, -0.25) is 4.40 Å². The van der Waals surface area contributed by atoms with Crippen LogP contribution >= 0.6 is 0 Å². The molecule has 3 aromatic rings. The molecule has 3 aromatic heterocycles. The summed E-state index contributed by atoms with van der Waals surface area (Å²) in [5.41, 5.74) is 2.44. The summed E-state index contributed by atoms with van der Waals surface area (Å²) < 4.78 is 29.8. The predicted molar refractivity (Wildman–Crippen MR) is 99.4 cm³/mol. The Balaban J connectivity index is 1.65. The van der Waals surface area contributed by atoms with Crippen LogP contribution in [0.3, 0.4) is 0 Å². The van der Waals surface area contributed by atoms with E-state index >= 15 is 0 Å². The van der Waals surface area contributed by atoms with Crippen LogP contribution in [0, 0.1) is 5.92 Å². The quantitative estimate of drug-likeness (QED) is 0.710. The van der Waals surface area contributed by atoms with E-state index in [4.69, 9.17) is 0 Å². The van der Waals surface area contributed by atoms with Gasteiger partial charge in [0.2, 0.25) is 10.0 Å². The van der Waals surface area contributed by atoms with Crippen LogP contribution in [0.25, 0.3) is 16.8 Å². The summed E-state index contributed by atoms with van der Waals surface area (Å²) in [6.45, 7) is 5.79. The van der Waals surface area contributed by atoms with E-state index in [2.05, 4.69) is 31.8 Å². The Hall–Kier alpha value is -2.00. The van der Waals surface area contributed by atoms with E-state index in [1.807, 2.05) is 23.6 Å². The average molecular weight is 376 g/mol. The van der Waals surface area contributed by atoms with E-state index in [-0.39, 0.29) is 17.2 Å². The molecule has 0 amide bonds. The Morgan fingerprint density at radius 3 is 2.96 bits per heavy atom. The summed E-state index contributed by atoms with van der Waals surface area (Å²) in [5.74, 6) is 1.34. The number of rotatable bonds is 5. The van der Waals surface area contributed by atoms with Crippen LogP contribution in [0.2, 0.25) is 0 Å². The lowest BCUT2D eigenvalue weighted by Gasteiger charge is -2.17. The largest absolute Gasteiger partial charge is 0.345 e. The summed E-state index contributed by atoms with van der Waals surface area (Å²) in [5, 5.41) is 8.31. The summed E-state index contributed by atoms with van der Waals surface area (Å²) in [4.78, 5) is 7.46. The molecule has 1 fully saturated rings. The highest BCUT2D eigenvalue weighted by Gasteiger charge is 2.38. The minimum atomic E-state index is -3.29. The second-order valence-corrected chi connectivity index (χ2v) is 9.49. The Morgan fingerprint density at radius 1 is 1.38 bits per heavy atom. The monoisotopic (exact) mass is 376 g/mol. The molecular weight excluding hydrogens is 352 g/mol. The van der Waals surface area contributed by atoms with Gasteiger partial charge in [-0.2, -0.15) is 0 Å². The first-order chi connectivity index (χ1) is 12.4. The second kappa shape index (κ2) is 6.31. The SMILES string of the molecule is CCC(C)S(=O)(=O)NC1C[C@@H](C)[C@@H](c2nnc3cnc4[nH]ccc4n23)C1. The van der Waals surface area contributed by atoms with Gasteiger partial charge in [-0.25, -0.2) is 18.1 Å². The van der Waals surface area contributed by atoms with E-state index < -0.39 is 10.0 Å². The average Bonchev–Trinajstić information content (AvgIpc) is 3.30. The maximum atomic E-state index is 12.4. The van der Waals surface area contributed by atoms with Crippen LogP contribution < -0.4 is 4.72 Å². The molecule has 0 radical (unpaired) electrons. The molecule has 0 aromatic carbocycles. The van der Waals surface area contributed by atoms with Gasteiger partial charge in [0.1, 0.15) is 5.82 Å². The fourth-order valence-electron chi connectivity index (χ4n) is 3.91. The van der Waals surface area contributed by atoms with E-state index in [1.165, 1.54) is 0 Å². The highest BCUT2D eigenvalue weighted by Crippen LogP contribution is 2.39.